The fourth-order valence-corrected chi connectivity index (χ4v) is 2.25. The molecule has 0 unspecified atom stereocenters. The van der Waals surface area contributed by atoms with Crippen LogP contribution in [-0.2, 0) is 27.0 Å². The second-order valence-electron chi connectivity index (χ2n) is 5.66. The van der Waals surface area contributed by atoms with Crippen LogP contribution in [0, 0.1) is 0 Å². The van der Waals surface area contributed by atoms with E-state index in [9.17, 15) is 27.6 Å². The second kappa shape index (κ2) is 9.13. The lowest BCUT2D eigenvalue weighted by Crippen LogP contribution is -2.28. The number of alkyl halides is 3. The van der Waals surface area contributed by atoms with E-state index in [1.807, 2.05) is 0 Å². The van der Waals surface area contributed by atoms with Crippen LogP contribution in [0.15, 0.2) is 41.3 Å². The standard InChI is InChI=1S/C18H17F3N2O6/c1-27-12-4-5-14(28-2)13(7-12)22-15(24)10-29-17(26)9-23-8-11(18(19,20)21)3-6-16(23)25/h3-8H,9-10H2,1-2H3,(H,22,24). The van der Waals surface area contributed by atoms with Crippen molar-refractivity contribution in [2.75, 3.05) is 26.1 Å². The number of methoxy groups -OCH3 is 2. The Hall–Kier alpha value is -3.50. The van der Waals surface area contributed by atoms with E-state index in [-0.39, 0.29) is 5.69 Å². The van der Waals surface area contributed by atoms with Gasteiger partial charge in [0.2, 0.25) is 0 Å². The van der Waals surface area contributed by atoms with Crippen molar-refractivity contribution in [1.82, 2.24) is 4.57 Å². The van der Waals surface area contributed by atoms with E-state index in [1.165, 1.54) is 20.3 Å². The number of hydrogen-bond acceptors (Lipinski definition) is 6. The molecule has 0 aliphatic rings. The first-order valence-electron chi connectivity index (χ1n) is 8.09. The average Bonchev–Trinajstić information content (AvgIpc) is 2.67. The molecule has 1 N–H and O–H groups in total. The quantitative estimate of drug-likeness (QED) is 0.697. The van der Waals surface area contributed by atoms with E-state index in [0.29, 0.717) is 34.4 Å². The van der Waals surface area contributed by atoms with Gasteiger partial charge in [0, 0.05) is 18.3 Å². The van der Waals surface area contributed by atoms with E-state index in [1.54, 1.807) is 12.1 Å². The molecule has 0 radical (unpaired) electrons. The fourth-order valence-electron chi connectivity index (χ4n) is 2.25. The van der Waals surface area contributed by atoms with Gasteiger partial charge in [0.05, 0.1) is 25.5 Å². The minimum atomic E-state index is -4.67. The van der Waals surface area contributed by atoms with Crippen molar-refractivity contribution in [2.45, 2.75) is 12.7 Å². The number of nitrogens with one attached hydrogen (secondary N) is 1. The van der Waals surface area contributed by atoms with Gasteiger partial charge in [-0.1, -0.05) is 0 Å². The minimum Gasteiger partial charge on any atom is -0.497 e. The Kier molecular flexibility index (Phi) is 6.86. The maximum Gasteiger partial charge on any atom is 0.417 e. The van der Waals surface area contributed by atoms with E-state index >= 15 is 0 Å². The summed E-state index contributed by atoms with van der Waals surface area (Å²) in [7, 11) is 2.83. The maximum atomic E-state index is 12.7. The summed E-state index contributed by atoms with van der Waals surface area (Å²) in [5, 5.41) is 2.46. The van der Waals surface area contributed by atoms with Crippen LogP contribution in [0.3, 0.4) is 0 Å². The summed E-state index contributed by atoms with van der Waals surface area (Å²) < 4.78 is 53.5. The maximum absolute atomic E-state index is 12.7. The Morgan fingerprint density at radius 3 is 2.45 bits per heavy atom. The van der Waals surface area contributed by atoms with Crippen molar-refractivity contribution in [1.29, 1.82) is 0 Å². The third-order valence-electron chi connectivity index (χ3n) is 3.66. The highest BCUT2D eigenvalue weighted by Gasteiger charge is 2.31. The lowest BCUT2D eigenvalue weighted by atomic mass is 10.2. The fraction of sp³-hybridized carbons (Fsp3) is 0.278. The van der Waals surface area contributed by atoms with Crippen molar-refractivity contribution >= 4 is 17.6 Å². The Morgan fingerprint density at radius 2 is 1.83 bits per heavy atom. The molecular formula is C18H17F3N2O6. The van der Waals surface area contributed by atoms with Gasteiger partial charge in [0.1, 0.15) is 18.0 Å². The topological polar surface area (TPSA) is 95.9 Å². The second-order valence-corrected chi connectivity index (χ2v) is 5.66. The number of esters is 1. The van der Waals surface area contributed by atoms with Crippen molar-refractivity contribution in [3.63, 3.8) is 0 Å². The normalized spacial score (nSPS) is 10.9. The predicted molar refractivity (Wildman–Crippen MR) is 94.8 cm³/mol. The zero-order valence-corrected chi connectivity index (χ0v) is 15.4. The van der Waals surface area contributed by atoms with Crippen LogP contribution in [0.1, 0.15) is 5.56 Å². The Morgan fingerprint density at radius 1 is 1.10 bits per heavy atom. The Labute approximate surface area is 162 Å². The summed E-state index contributed by atoms with van der Waals surface area (Å²) in [6.07, 6.45) is -4.17. The highest BCUT2D eigenvalue weighted by atomic mass is 19.4. The van der Waals surface area contributed by atoms with Crippen molar-refractivity contribution < 1.29 is 37.0 Å². The molecule has 29 heavy (non-hydrogen) atoms. The van der Waals surface area contributed by atoms with E-state index in [2.05, 4.69) is 5.32 Å². The van der Waals surface area contributed by atoms with Gasteiger partial charge in [-0.3, -0.25) is 14.4 Å². The predicted octanol–water partition coefficient (Wildman–Crippen LogP) is 2.07. The number of anilines is 1. The van der Waals surface area contributed by atoms with Crippen molar-refractivity contribution in [3.05, 3.63) is 52.4 Å². The molecule has 1 amide bonds. The number of nitrogens with zero attached hydrogens (tertiary/aromatic N) is 1. The number of amides is 1. The highest BCUT2D eigenvalue weighted by molar-refractivity contribution is 5.94. The van der Waals surface area contributed by atoms with Crippen LogP contribution in [0.4, 0.5) is 18.9 Å². The van der Waals surface area contributed by atoms with Gasteiger partial charge >= 0.3 is 12.1 Å². The largest absolute Gasteiger partial charge is 0.497 e. The Balaban J connectivity index is 1.98. The first-order chi connectivity index (χ1) is 13.6. The number of rotatable bonds is 7. The molecule has 8 nitrogen and oxygen atoms in total. The van der Waals surface area contributed by atoms with Crippen LogP contribution >= 0.6 is 0 Å². The van der Waals surface area contributed by atoms with Crippen LogP contribution in [0.25, 0.3) is 0 Å². The number of halogens is 3. The zero-order chi connectivity index (χ0) is 21.6. The van der Waals surface area contributed by atoms with Crippen LogP contribution in [-0.4, -0.2) is 37.3 Å². The summed E-state index contributed by atoms with van der Waals surface area (Å²) in [5.41, 5.74) is -1.64. The van der Waals surface area contributed by atoms with Gasteiger partial charge in [-0.05, 0) is 18.2 Å². The summed E-state index contributed by atoms with van der Waals surface area (Å²) in [5.74, 6) is -0.997. The molecule has 0 saturated carbocycles. The molecule has 156 valence electrons. The highest BCUT2D eigenvalue weighted by Crippen LogP contribution is 2.29. The van der Waals surface area contributed by atoms with Gasteiger partial charge < -0.3 is 24.1 Å². The molecule has 0 atom stereocenters. The third kappa shape index (κ3) is 5.99. The number of carbonyl (C=O) groups is 2. The summed E-state index contributed by atoms with van der Waals surface area (Å²) in [6.45, 7) is -1.49. The van der Waals surface area contributed by atoms with Gasteiger partial charge in [-0.15, -0.1) is 0 Å². The number of carbonyl (C=O) groups excluding carboxylic acids is 2. The summed E-state index contributed by atoms with van der Waals surface area (Å²) >= 11 is 0. The SMILES string of the molecule is COc1ccc(OC)c(NC(=O)COC(=O)Cn2cc(C(F)(F)F)ccc2=O)c1. The molecule has 1 heterocycles. The molecule has 0 saturated heterocycles. The van der Waals surface area contributed by atoms with Crippen LogP contribution in [0.2, 0.25) is 0 Å². The third-order valence-corrected chi connectivity index (χ3v) is 3.66. The Bertz CT molecular complexity index is 955. The van der Waals surface area contributed by atoms with E-state index in [4.69, 9.17) is 14.2 Å². The number of pyridine rings is 1. The number of ether oxygens (including phenoxy) is 3. The van der Waals surface area contributed by atoms with Gasteiger partial charge in [-0.25, -0.2) is 0 Å². The van der Waals surface area contributed by atoms with E-state index < -0.39 is 42.3 Å². The van der Waals surface area contributed by atoms with Gasteiger partial charge in [0.15, 0.2) is 6.61 Å². The summed E-state index contributed by atoms with van der Waals surface area (Å²) in [6, 6.07) is 5.96. The van der Waals surface area contributed by atoms with Gasteiger partial charge in [0.25, 0.3) is 11.5 Å². The molecule has 2 rings (SSSR count). The van der Waals surface area contributed by atoms with Crippen LogP contribution in [0.5, 0.6) is 11.5 Å². The molecule has 2 aromatic rings. The molecule has 1 aromatic carbocycles. The average molecular weight is 414 g/mol. The molecule has 1 aromatic heterocycles. The summed E-state index contributed by atoms with van der Waals surface area (Å²) in [4.78, 5) is 35.4. The lowest BCUT2D eigenvalue weighted by molar-refractivity contribution is -0.148. The molecule has 0 bridgehead atoms. The molecule has 0 fully saturated rings. The first-order valence-corrected chi connectivity index (χ1v) is 8.09. The molecule has 0 spiro atoms. The van der Waals surface area contributed by atoms with Crippen molar-refractivity contribution in [3.8, 4) is 11.5 Å². The molecular weight excluding hydrogens is 397 g/mol. The zero-order valence-electron chi connectivity index (χ0n) is 15.4. The van der Waals surface area contributed by atoms with Crippen LogP contribution < -0.4 is 20.3 Å². The van der Waals surface area contributed by atoms with Crippen molar-refractivity contribution in [2.24, 2.45) is 0 Å². The molecule has 0 aliphatic carbocycles. The minimum absolute atomic E-state index is 0.266. The number of aromatic nitrogens is 1. The molecule has 11 heteroatoms. The number of benzene rings is 1. The number of hydrogen-bond donors (Lipinski definition) is 1. The smallest absolute Gasteiger partial charge is 0.417 e. The monoisotopic (exact) mass is 414 g/mol. The lowest BCUT2D eigenvalue weighted by Gasteiger charge is -2.12. The molecule has 0 aliphatic heterocycles. The first kappa shape index (κ1) is 21.8. The van der Waals surface area contributed by atoms with Gasteiger partial charge in [-0.2, -0.15) is 13.2 Å². The van der Waals surface area contributed by atoms with E-state index in [0.717, 1.165) is 0 Å².